The molecule has 2 fully saturated rings. The van der Waals surface area contributed by atoms with Crippen molar-refractivity contribution in [3.05, 3.63) is 103 Å². The third-order valence-corrected chi connectivity index (χ3v) is 10.5. The second-order valence-corrected chi connectivity index (χ2v) is 13.8. The van der Waals surface area contributed by atoms with E-state index in [2.05, 4.69) is 10.6 Å². The molecule has 2 aliphatic rings. The molecule has 0 bridgehead atoms. The van der Waals surface area contributed by atoms with Crippen LogP contribution in [0.15, 0.2) is 70.5 Å². The van der Waals surface area contributed by atoms with Crippen LogP contribution in [0, 0.1) is 13.8 Å². The summed E-state index contributed by atoms with van der Waals surface area (Å²) < 4.78 is 6.48. The van der Waals surface area contributed by atoms with Crippen molar-refractivity contribution in [3.8, 4) is 33.6 Å². The van der Waals surface area contributed by atoms with Gasteiger partial charge in [0.2, 0.25) is 11.8 Å². The maximum Gasteiger partial charge on any atom is 0.276 e. The van der Waals surface area contributed by atoms with Gasteiger partial charge in [0.05, 0.1) is 21.4 Å². The van der Waals surface area contributed by atoms with Gasteiger partial charge in [0.15, 0.2) is 0 Å². The molecular weight excluding hydrogens is 679 g/mol. The summed E-state index contributed by atoms with van der Waals surface area (Å²) in [6, 6.07) is 14.4. The highest BCUT2D eigenvalue weighted by Gasteiger charge is 2.25. The van der Waals surface area contributed by atoms with E-state index in [0.29, 0.717) is 93.5 Å². The third-order valence-electron chi connectivity index (χ3n) is 9.69. The quantitative estimate of drug-likeness (QED) is 0.245. The summed E-state index contributed by atoms with van der Waals surface area (Å²) >= 11 is 14.2. The Hall–Kier alpha value is -5.20. The van der Waals surface area contributed by atoms with Gasteiger partial charge in [-0.05, 0) is 38.8 Å². The van der Waals surface area contributed by atoms with E-state index < -0.39 is 0 Å². The molecule has 0 spiro atoms. The normalized spacial score (nSPS) is 17.6. The molecule has 14 heteroatoms. The van der Waals surface area contributed by atoms with E-state index in [1.54, 1.807) is 42.7 Å². The highest BCUT2D eigenvalue weighted by molar-refractivity contribution is 6.39. The summed E-state index contributed by atoms with van der Waals surface area (Å²) in [5.74, 6) is -0.000932. The second-order valence-electron chi connectivity index (χ2n) is 13.0. The lowest BCUT2D eigenvalue weighted by atomic mass is 9.98. The van der Waals surface area contributed by atoms with Gasteiger partial charge in [0.25, 0.3) is 11.1 Å². The van der Waals surface area contributed by atoms with Gasteiger partial charge in [0, 0.05) is 84.1 Å². The lowest BCUT2D eigenvalue weighted by molar-refractivity contribution is -0.120. The zero-order valence-corrected chi connectivity index (χ0v) is 28.8. The predicted octanol–water partition coefficient (Wildman–Crippen LogP) is 4.79. The molecule has 12 nitrogen and oxygen atoms in total. The van der Waals surface area contributed by atoms with Crippen molar-refractivity contribution in [2.75, 3.05) is 0 Å². The minimum absolute atomic E-state index is 0.000466. The molecule has 2 aromatic carbocycles. The van der Waals surface area contributed by atoms with Crippen LogP contribution in [0.5, 0.6) is 0 Å². The van der Waals surface area contributed by atoms with Crippen molar-refractivity contribution in [1.82, 2.24) is 39.0 Å². The molecular formula is C36H32Cl2N8O4. The van der Waals surface area contributed by atoms with Crippen LogP contribution in [0.1, 0.15) is 37.1 Å². The molecule has 6 aromatic rings. The van der Waals surface area contributed by atoms with E-state index in [-0.39, 0.29) is 35.0 Å². The van der Waals surface area contributed by atoms with E-state index in [0.717, 1.165) is 11.4 Å². The smallest absolute Gasteiger partial charge is 0.276 e. The standard InChI is InChI=1S/C36H32Cl2N8O4/c1-19-15-45-29(35(49)43(19)17-21-9-11-31(47)39-21)13-27(41-45)25-7-3-5-23(33(25)37)24-6-4-8-26(34(24)38)28-14-30-36(50)44(20(2)16-46(30)42-28)18-22-10-12-32(48)40-22/h3-8,13-16,21-22H,9-12,17-18H2,1-2H3,(H,39,47)(H,40,48)/t21-,22-/m0/s1. The van der Waals surface area contributed by atoms with E-state index in [1.807, 2.05) is 50.2 Å². The highest BCUT2D eigenvalue weighted by atomic mass is 35.5. The minimum atomic E-state index is -0.201. The molecule has 6 heterocycles. The Labute approximate surface area is 295 Å². The Morgan fingerprint density at radius 3 is 1.44 bits per heavy atom. The van der Waals surface area contributed by atoms with Crippen molar-refractivity contribution < 1.29 is 9.59 Å². The number of carbonyl (C=O) groups excluding carboxylic acids is 2. The molecule has 2 amide bonds. The number of benzene rings is 2. The van der Waals surface area contributed by atoms with E-state index >= 15 is 0 Å². The van der Waals surface area contributed by atoms with Gasteiger partial charge in [-0.3, -0.25) is 19.2 Å². The summed E-state index contributed by atoms with van der Waals surface area (Å²) in [5, 5.41) is 16.1. The van der Waals surface area contributed by atoms with Crippen molar-refractivity contribution in [1.29, 1.82) is 0 Å². The second kappa shape index (κ2) is 12.3. The lowest BCUT2D eigenvalue weighted by Gasteiger charge is -2.15. The molecule has 2 atom stereocenters. The zero-order valence-electron chi connectivity index (χ0n) is 27.2. The molecule has 2 N–H and O–H groups in total. The Kier molecular flexibility index (Phi) is 7.87. The predicted molar refractivity (Wildman–Crippen MR) is 191 cm³/mol. The van der Waals surface area contributed by atoms with Gasteiger partial charge < -0.3 is 19.8 Å². The maximum atomic E-state index is 13.6. The van der Waals surface area contributed by atoms with Crippen molar-refractivity contribution in [2.24, 2.45) is 0 Å². The van der Waals surface area contributed by atoms with Crippen LogP contribution < -0.4 is 21.8 Å². The fourth-order valence-electron chi connectivity index (χ4n) is 7.06. The molecule has 8 rings (SSSR count). The first-order valence-electron chi connectivity index (χ1n) is 16.4. The summed E-state index contributed by atoms with van der Waals surface area (Å²) in [6.07, 6.45) is 5.89. The van der Waals surface area contributed by atoms with Crippen molar-refractivity contribution in [3.63, 3.8) is 0 Å². The van der Waals surface area contributed by atoms with Crippen LogP contribution in [-0.2, 0) is 22.7 Å². The molecule has 50 heavy (non-hydrogen) atoms. The molecule has 254 valence electrons. The van der Waals surface area contributed by atoms with Crippen LogP contribution >= 0.6 is 23.2 Å². The third kappa shape index (κ3) is 5.48. The number of amides is 2. The first-order valence-corrected chi connectivity index (χ1v) is 17.2. The highest BCUT2D eigenvalue weighted by Crippen LogP contribution is 2.42. The topological polar surface area (TPSA) is 137 Å². The van der Waals surface area contributed by atoms with Gasteiger partial charge in [-0.25, -0.2) is 9.03 Å². The van der Waals surface area contributed by atoms with Crippen LogP contribution in [-0.4, -0.2) is 52.3 Å². The summed E-state index contributed by atoms with van der Waals surface area (Å²) in [4.78, 5) is 50.6. The van der Waals surface area contributed by atoms with Gasteiger partial charge in [-0.2, -0.15) is 10.2 Å². The molecule has 0 saturated carbocycles. The SMILES string of the molecule is Cc1cn2nc(-c3cccc(-c4cccc(-c5cc6c(=O)n(C[C@@H]7CCC(=O)N7)c(C)cn6n5)c4Cl)c3Cl)cc2c(=O)n1C[C@@H]1CCC(=O)N1. The average molecular weight is 712 g/mol. The number of fused-ring (bicyclic) bond motifs is 2. The van der Waals surface area contributed by atoms with E-state index in [1.165, 1.54) is 0 Å². The summed E-state index contributed by atoms with van der Waals surface area (Å²) in [5.41, 5.74) is 5.48. The lowest BCUT2D eigenvalue weighted by Crippen LogP contribution is -2.35. The molecule has 2 aliphatic heterocycles. The number of aromatic nitrogens is 6. The monoisotopic (exact) mass is 710 g/mol. The fraction of sp³-hybridized carbons (Fsp3) is 0.278. The minimum Gasteiger partial charge on any atom is -0.352 e. The van der Waals surface area contributed by atoms with E-state index in [9.17, 15) is 19.2 Å². The van der Waals surface area contributed by atoms with Crippen molar-refractivity contribution in [2.45, 2.75) is 64.7 Å². The number of carbonyl (C=O) groups is 2. The molecule has 2 saturated heterocycles. The van der Waals surface area contributed by atoms with Crippen LogP contribution in [0.3, 0.4) is 0 Å². The average Bonchev–Trinajstić information content (AvgIpc) is 3.89. The van der Waals surface area contributed by atoms with Gasteiger partial charge in [-0.15, -0.1) is 0 Å². The van der Waals surface area contributed by atoms with Crippen molar-refractivity contribution >= 4 is 46.0 Å². The Balaban J connectivity index is 1.14. The summed E-state index contributed by atoms with van der Waals surface area (Å²) in [7, 11) is 0. The fourth-order valence-corrected chi connectivity index (χ4v) is 7.71. The number of halogens is 2. The number of aryl methyl sites for hydroxylation is 2. The van der Waals surface area contributed by atoms with Crippen LogP contribution in [0.4, 0.5) is 0 Å². The summed E-state index contributed by atoms with van der Waals surface area (Å²) in [6.45, 7) is 4.47. The van der Waals surface area contributed by atoms with Gasteiger partial charge >= 0.3 is 0 Å². The molecule has 4 aromatic heterocycles. The van der Waals surface area contributed by atoms with Gasteiger partial charge in [0.1, 0.15) is 11.0 Å². The Morgan fingerprint density at radius 2 is 1.06 bits per heavy atom. The first kappa shape index (κ1) is 32.0. The maximum absolute atomic E-state index is 13.6. The zero-order chi connectivity index (χ0) is 34.8. The number of hydrogen-bond acceptors (Lipinski definition) is 6. The number of nitrogens with zero attached hydrogens (tertiary/aromatic N) is 6. The van der Waals surface area contributed by atoms with Crippen LogP contribution in [0.2, 0.25) is 10.0 Å². The van der Waals surface area contributed by atoms with E-state index in [4.69, 9.17) is 33.4 Å². The number of hydrogen-bond donors (Lipinski definition) is 2. The Morgan fingerprint density at radius 1 is 0.660 bits per heavy atom. The van der Waals surface area contributed by atoms with Crippen LogP contribution in [0.25, 0.3) is 44.7 Å². The first-order chi connectivity index (χ1) is 24.0. The number of rotatable bonds is 7. The largest absolute Gasteiger partial charge is 0.352 e. The van der Waals surface area contributed by atoms with Gasteiger partial charge in [-0.1, -0.05) is 59.6 Å². The molecule has 0 unspecified atom stereocenters. The molecule has 0 radical (unpaired) electrons. The number of nitrogens with one attached hydrogen (secondary N) is 2. The molecule has 0 aliphatic carbocycles. The Bertz CT molecular complexity index is 2340.